The lowest BCUT2D eigenvalue weighted by molar-refractivity contribution is -0.174. The van der Waals surface area contributed by atoms with E-state index in [9.17, 15) is 14.3 Å². The van der Waals surface area contributed by atoms with Crippen molar-refractivity contribution in [2.24, 2.45) is 5.92 Å². The molecule has 0 spiro atoms. The van der Waals surface area contributed by atoms with Gasteiger partial charge in [0.2, 0.25) is 5.91 Å². The van der Waals surface area contributed by atoms with E-state index in [1.807, 2.05) is 24.4 Å². The zero-order valence-electron chi connectivity index (χ0n) is 17.6. The molecule has 4 fully saturated rings. The normalized spacial score (nSPS) is 30.3. The lowest BCUT2D eigenvalue weighted by atomic mass is 9.61. The number of halogens is 1. The summed E-state index contributed by atoms with van der Waals surface area (Å²) in [6.07, 6.45) is 6.79. The summed E-state index contributed by atoms with van der Waals surface area (Å²) >= 11 is 0. The first kappa shape index (κ1) is 19.1. The van der Waals surface area contributed by atoms with Crippen molar-refractivity contribution >= 4 is 16.8 Å². The van der Waals surface area contributed by atoms with Crippen molar-refractivity contribution in [2.75, 3.05) is 0 Å². The molecule has 2 saturated heterocycles. The second kappa shape index (κ2) is 6.70. The molecule has 0 radical (unpaired) electrons. The molecule has 2 N–H and O–H groups in total. The van der Waals surface area contributed by atoms with Gasteiger partial charge < -0.3 is 19.4 Å². The fourth-order valence-corrected chi connectivity index (χ4v) is 6.73. The third-order valence-electron chi connectivity index (χ3n) is 7.77. The molecule has 1 aromatic carbocycles. The Morgan fingerprint density at radius 1 is 1.26 bits per heavy atom. The number of amides is 1. The van der Waals surface area contributed by atoms with Gasteiger partial charge in [0.25, 0.3) is 6.01 Å². The van der Waals surface area contributed by atoms with Crippen molar-refractivity contribution in [1.29, 1.82) is 0 Å². The van der Waals surface area contributed by atoms with Gasteiger partial charge in [0.05, 0.1) is 5.60 Å². The van der Waals surface area contributed by atoms with Crippen LogP contribution < -0.4 is 0 Å². The maximum atomic E-state index is 13.5. The van der Waals surface area contributed by atoms with Crippen molar-refractivity contribution in [3.63, 3.8) is 0 Å². The van der Waals surface area contributed by atoms with E-state index in [1.54, 1.807) is 6.07 Å². The third kappa shape index (κ3) is 3.03. The van der Waals surface area contributed by atoms with E-state index in [-0.39, 0.29) is 23.9 Å². The number of nitrogens with zero attached hydrogens (tertiary/aromatic N) is 1. The van der Waals surface area contributed by atoms with Crippen LogP contribution >= 0.6 is 0 Å². The molecule has 4 heterocycles. The van der Waals surface area contributed by atoms with E-state index in [2.05, 4.69) is 16.8 Å². The number of benzene rings is 1. The minimum atomic E-state index is -0.608. The maximum absolute atomic E-state index is 13.5. The summed E-state index contributed by atoms with van der Waals surface area (Å²) in [6.45, 7) is 2.07. The number of carbonyl (C=O) groups is 1. The van der Waals surface area contributed by atoms with Gasteiger partial charge in [-0.25, -0.2) is 0 Å². The van der Waals surface area contributed by atoms with E-state index in [4.69, 9.17) is 4.42 Å². The van der Waals surface area contributed by atoms with Gasteiger partial charge >= 0.3 is 0 Å². The van der Waals surface area contributed by atoms with E-state index < -0.39 is 11.6 Å². The number of aromatic nitrogens is 1. The fourth-order valence-electron chi connectivity index (χ4n) is 6.73. The molecule has 1 amide bonds. The molecule has 4 aliphatic rings. The van der Waals surface area contributed by atoms with Crippen LogP contribution in [0, 0.1) is 11.9 Å². The fraction of sp³-hybridized carbons (Fsp3) is 0.480. The van der Waals surface area contributed by atoms with Crippen molar-refractivity contribution in [3.8, 4) is 11.3 Å². The highest BCUT2D eigenvalue weighted by molar-refractivity contribution is 5.97. The van der Waals surface area contributed by atoms with Crippen LogP contribution in [0.15, 0.2) is 40.9 Å². The number of fused-ring (bicyclic) bond motifs is 1. The van der Waals surface area contributed by atoms with Crippen molar-refractivity contribution in [2.45, 2.75) is 69.1 Å². The zero-order valence-corrected chi connectivity index (χ0v) is 17.6. The van der Waals surface area contributed by atoms with Crippen molar-refractivity contribution in [1.82, 2.24) is 9.88 Å². The predicted molar refractivity (Wildman–Crippen MR) is 115 cm³/mol. The first-order chi connectivity index (χ1) is 14.9. The molecular formula is C25H27FN2O3. The Bertz CT molecular complexity index is 1150. The molecule has 7 rings (SSSR count). The van der Waals surface area contributed by atoms with Gasteiger partial charge in [-0.2, -0.15) is 4.39 Å². The number of H-pyrrole nitrogens is 1. The van der Waals surface area contributed by atoms with Gasteiger partial charge in [-0.3, -0.25) is 4.79 Å². The topological polar surface area (TPSA) is 69.5 Å². The average molecular weight is 423 g/mol. The summed E-state index contributed by atoms with van der Waals surface area (Å²) in [5.41, 5.74) is 2.26. The molecule has 2 aromatic heterocycles. The second-order valence-electron chi connectivity index (χ2n) is 9.96. The minimum Gasteiger partial charge on any atom is -0.431 e. The average Bonchev–Trinajstić information content (AvgIpc) is 3.32. The minimum absolute atomic E-state index is 0.00230. The number of aliphatic hydroxyl groups is 1. The number of nitrogens with one attached hydrogen (secondary N) is 1. The highest BCUT2D eigenvalue weighted by Gasteiger charge is 2.54. The third-order valence-corrected chi connectivity index (χ3v) is 7.77. The van der Waals surface area contributed by atoms with Crippen LogP contribution in [-0.4, -0.2) is 38.6 Å². The monoisotopic (exact) mass is 422 g/mol. The standard InChI is InChI=1S/C25H27FN2O3/c1-14(7-23(29)28-16-8-15-9-17(28)12-25(30,10-15)11-16)19-13-27-20-4-2-3-18(24(19)20)21-5-6-22(26)31-21/h2-6,13-17,27,30H,7-12H2,1H3. The number of carbonyl (C=O) groups excluding carboxylic acids is 1. The summed E-state index contributed by atoms with van der Waals surface area (Å²) in [4.78, 5) is 18.8. The Balaban J connectivity index is 1.28. The number of furan rings is 1. The summed E-state index contributed by atoms with van der Waals surface area (Å²) in [5, 5.41) is 11.8. The second-order valence-corrected chi connectivity index (χ2v) is 9.96. The van der Waals surface area contributed by atoms with Crippen molar-refractivity contribution < 1.29 is 18.7 Å². The number of hydrogen-bond donors (Lipinski definition) is 2. The van der Waals surface area contributed by atoms with Crippen LogP contribution in [-0.2, 0) is 4.79 Å². The largest absolute Gasteiger partial charge is 0.431 e. The molecule has 162 valence electrons. The van der Waals surface area contributed by atoms with Gasteiger partial charge in [-0.05, 0) is 61.6 Å². The number of piperidine rings is 2. The van der Waals surface area contributed by atoms with Crippen molar-refractivity contribution in [3.05, 3.63) is 48.1 Å². The van der Waals surface area contributed by atoms with Crippen LogP contribution in [0.4, 0.5) is 4.39 Å². The maximum Gasteiger partial charge on any atom is 0.278 e. The molecule has 5 nitrogen and oxygen atoms in total. The van der Waals surface area contributed by atoms with Crippen LogP contribution in [0.5, 0.6) is 0 Å². The SMILES string of the molecule is CC(CC(=O)N1C2CC3CC1CC(O)(C3)C2)c1c[nH]c2cccc(-c3ccc(F)o3)c12. The molecular weight excluding hydrogens is 395 g/mol. The van der Waals surface area contributed by atoms with Gasteiger partial charge in [0, 0.05) is 47.2 Å². The van der Waals surface area contributed by atoms with Crippen LogP contribution in [0.2, 0.25) is 0 Å². The molecule has 2 aliphatic heterocycles. The molecule has 2 saturated carbocycles. The molecule has 6 heteroatoms. The first-order valence-electron chi connectivity index (χ1n) is 11.3. The zero-order chi connectivity index (χ0) is 21.3. The van der Waals surface area contributed by atoms with Gasteiger partial charge in [0.1, 0.15) is 5.76 Å². The van der Waals surface area contributed by atoms with Crippen LogP contribution in [0.3, 0.4) is 0 Å². The molecule has 31 heavy (non-hydrogen) atoms. The molecule has 2 aliphatic carbocycles. The molecule has 4 bridgehead atoms. The van der Waals surface area contributed by atoms with E-state index >= 15 is 0 Å². The number of rotatable bonds is 4. The van der Waals surface area contributed by atoms with Gasteiger partial charge in [-0.1, -0.05) is 19.1 Å². The Morgan fingerprint density at radius 3 is 2.71 bits per heavy atom. The lowest BCUT2D eigenvalue weighted by Gasteiger charge is -2.59. The first-order valence-corrected chi connectivity index (χ1v) is 11.3. The van der Waals surface area contributed by atoms with Gasteiger partial charge in [0.15, 0.2) is 0 Å². The molecule has 3 aromatic rings. The van der Waals surface area contributed by atoms with Crippen LogP contribution in [0.1, 0.15) is 56.9 Å². The quantitative estimate of drug-likeness (QED) is 0.624. The summed E-state index contributed by atoms with van der Waals surface area (Å²) in [7, 11) is 0. The van der Waals surface area contributed by atoms with Crippen LogP contribution in [0.25, 0.3) is 22.2 Å². The number of aromatic amines is 1. The summed E-state index contributed by atoms with van der Waals surface area (Å²) < 4.78 is 18.8. The predicted octanol–water partition coefficient (Wildman–Crippen LogP) is 4.97. The lowest BCUT2D eigenvalue weighted by Crippen LogP contribution is -2.65. The summed E-state index contributed by atoms with van der Waals surface area (Å²) in [6, 6.07) is 8.54. The number of hydrogen-bond acceptors (Lipinski definition) is 3. The van der Waals surface area contributed by atoms with Gasteiger partial charge in [-0.15, -0.1) is 0 Å². The highest BCUT2D eigenvalue weighted by atomic mass is 19.1. The highest BCUT2D eigenvalue weighted by Crippen LogP contribution is 2.51. The summed E-state index contributed by atoms with van der Waals surface area (Å²) in [5.74, 6) is 1.23. The Labute approximate surface area is 180 Å². The molecule has 3 atom stereocenters. The Morgan fingerprint density at radius 2 is 2.03 bits per heavy atom. The Hall–Kier alpha value is -2.60. The van der Waals surface area contributed by atoms with E-state index in [0.29, 0.717) is 18.1 Å². The Kier molecular flexibility index (Phi) is 4.13. The molecule has 3 unspecified atom stereocenters. The van der Waals surface area contributed by atoms with E-state index in [1.165, 1.54) is 6.07 Å². The smallest absolute Gasteiger partial charge is 0.278 e. The van der Waals surface area contributed by atoms with E-state index in [0.717, 1.165) is 54.1 Å².